The monoisotopic (exact) mass is 228 g/mol. The zero-order valence-corrected chi connectivity index (χ0v) is 9.78. The molecule has 0 unspecified atom stereocenters. The molecule has 1 saturated heterocycles. The highest BCUT2D eigenvalue weighted by molar-refractivity contribution is 5.41. The normalized spacial score (nSPS) is 27.5. The molecule has 1 N–H and O–H groups in total. The van der Waals surface area contributed by atoms with Crippen LogP contribution in [-0.4, -0.2) is 19.2 Å². The second-order valence-electron chi connectivity index (χ2n) is 4.77. The Kier molecular flexibility index (Phi) is 2.84. The van der Waals surface area contributed by atoms with Gasteiger partial charge >= 0.3 is 0 Å². The predicted octanol–water partition coefficient (Wildman–Crippen LogP) is 1.92. The lowest BCUT2D eigenvalue weighted by Crippen LogP contribution is -2.33. The highest BCUT2D eigenvalue weighted by atomic mass is 16.5. The van der Waals surface area contributed by atoms with Crippen LogP contribution >= 0.6 is 0 Å². The maximum atomic E-state index is 8.98. The van der Waals surface area contributed by atoms with Gasteiger partial charge in [-0.3, -0.25) is 0 Å². The Morgan fingerprint density at radius 1 is 1.41 bits per heavy atom. The number of nitrogens with zero attached hydrogens (tertiary/aromatic N) is 1. The molecule has 88 valence electrons. The minimum atomic E-state index is 0.134. The second-order valence-corrected chi connectivity index (χ2v) is 4.77. The van der Waals surface area contributed by atoms with Crippen LogP contribution in [0, 0.1) is 11.3 Å². The van der Waals surface area contributed by atoms with Gasteiger partial charge < -0.3 is 10.1 Å². The molecule has 1 fully saturated rings. The van der Waals surface area contributed by atoms with E-state index in [0.29, 0.717) is 6.04 Å². The minimum Gasteiger partial charge on any atom is -0.372 e. The van der Waals surface area contributed by atoms with E-state index in [-0.39, 0.29) is 6.10 Å². The fraction of sp³-hybridized carbons (Fsp3) is 0.500. The summed E-state index contributed by atoms with van der Waals surface area (Å²) in [4.78, 5) is 0. The first-order chi connectivity index (χ1) is 8.38. The number of fused-ring (bicyclic) bond motifs is 1. The average molecular weight is 228 g/mol. The Balaban J connectivity index is 1.97. The van der Waals surface area contributed by atoms with Crippen molar-refractivity contribution in [2.45, 2.75) is 31.4 Å². The molecule has 0 saturated carbocycles. The number of ether oxygens (including phenoxy) is 1. The van der Waals surface area contributed by atoms with Gasteiger partial charge in [0, 0.05) is 6.04 Å². The summed E-state index contributed by atoms with van der Waals surface area (Å²) in [7, 11) is 0. The molecule has 3 nitrogen and oxygen atoms in total. The molecular weight excluding hydrogens is 212 g/mol. The lowest BCUT2D eigenvalue weighted by atomic mass is 9.91. The van der Waals surface area contributed by atoms with Crippen LogP contribution in [0.15, 0.2) is 18.2 Å². The molecule has 3 heteroatoms. The van der Waals surface area contributed by atoms with E-state index in [4.69, 9.17) is 10.00 Å². The van der Waals surface area contributed by atoms with E-state index in [2.05, 4.69) is 17.5 Å². The van der Waals surface area contributed by atoms with Crippen molar-refractivity contribution >= 4 is 0 Å². The van der Waals surface area contributed by atoms with Gasteiger partial charge in [0.15, 0.2) is 0 Å². The fourth-order valence-electron chi connectivity index (χ4n) is 2.85. The van der Waals surface area contributed by atoms with Gasteiger partial charge in [0.25, 0.3) is 0 Å². The lowest BCUT2D eigenvalue weighted by Gasteiger charge is -2.30. The zero-order chi connectivity index (χ0) is 11.7. The number of nitriles is 1. The van der Waals surface area contributed by atoms with Gasteiger partial charge in [-0.2, -0.15) is 5.26 Å². The number of rotatable bonds is 1. The summed E-state index contributed by atoms with van der Waals surface area (Å²) >= 11 is 0. The average Bonchev–Trinajstić information content (AvgIpc) is 2.91. The van der Waals surface area contributed by atoms with Crippen molar-refractivity contribution < 1.29 is 4.74 Å². The van der Waals surface area contributed by atoms with Crippen molar-refractivity contribution in [3.8, 4) is 6.07 Å². The molecule has 2 atom stereocenters. The van der Waals surface area contributed by atoms with Crippen molar-refractivity contribution in [1.82, 2.24) is 5.32 Å². The van der Waals surface area contributed by atoms with Gasteiger partial charge in [-0.1, -0.05) is 6.07 Å². The van der Waals surface area contributed by atoms with Crippen molar-refractivity contribution in [2.24, 2.45) is 0 Å². The third-order valence-corrected chi connectivity index (χ3v) is 3.71. The van der Waals surface area contributed by atoms with Gasteiger partial charge in [-0.05, 0) is 49.1 Å². The molecule has 1 aromatic carbocycles. The SMILES string of the molecule is N#Cc1ccc2c(c1)[C@H]([C@H]1CCCN1)OCC2. The molecule has 0 spiro atoms. The Bertz CT molecular complexity index is 458. The number of hydrogen-bond acceptors (Lipinski definition) is 3. The van der Waals surface area contributed by atoms with E-state index in [9.17, 15) is 0 Å². The van der Waals surface area contributed by atoms with Crippen LogP contribution in [0.25, 0.3) is 0 Å². The summed E-state index contributed by atoms with van der Waals surface area (Å²) in [6.07, 6.45) is 3.48. The first-order valence-corrected chi connectivity index (χ1v) is 6.26. The molecule has 0 bridgehead atoms. The van der Waals surface area contributed by atoms with E-state index >= 15 is 0 Å². The molecule has 0 amide bonds. The third-order valence-electron chi connectivity index (χ3n) is 3.71. The Hall–Kier alpha value is -1.37. The van der Waals surface area contributed by atoms with Crippen LogP contribution in [0.1, 0.15) is 35.6 Å². The van der Waals surface area contributed by atoms with E-state index < -0.39 is 0 Å². The first-order valence-electron chi connectivity index (χ1n) is 6.26. The molecule has 3 rings (SSSR count). The zero-order valence-electron chi connectivity index (χ0n) is 9.78. The predicted molar refractivity (Wildman–Crippen MR) is 64.6 cm³/mol. The Labute approximate surface area is 101 Å². The molecular formula is C14H16N2O. The summed E-state index contributed by atoms with van der Waals surface area (Å²) in [6, 6.07) is 8.62. The van der Waals surface area contributed by atoms with Gasteiger partial charge in [-0.15, -0.1) is 0 Å². The number of nitrogens with one attached hydrogen (secondary N) is 1. The third kappa shape index (κ3) is 1.95. The minimum absolute atomic E-state index is 0.134. The lowest BCUT2D eigenvalue weighted by molar-refractivity contribution is 0.0199. The highest BCUT2D eigenvalue weighted by Gasteiger charge is 2.30. The van der Waals surface area contributed by atoms with Crippen LogP contribution in [-0.2, 0) is 11.2 Å². The van der Waals surface area contributed by atoms with Crippen LogP contribution in [0.3, 0.4) is 0 Å². The molecule has 2 heterocycles. The summed E-state index contributed by atoms with van der Waals surface area (Å²) in [6.45, 7) is 1.87. The van der Waals surface area contributed by atoms with Crippen LogP contribution in [0.2, 0.25) is 0 Å². The summed E-state index contributed by atoms with van der Waals surface area (Å²) in [5.41, 5.74) is 3.29. The standard InChI is InChI=1S/C14H16N2O/c15-9-10-3-4-11-5-7-17-14(12(11)8-10)13-2-1-6-16-13/h3-4,8,13-14,16H,1-2,5-7H2/t13-,14-/m1/s1. The van der Waals surface area contributed by atoms with Crippen molar-refractivity contribution in [3.05, 3.63) is 34.9 Å². The van der Waals surface area contributed by atoms with E-state index in [1.807, 2.05) is 12.1 Å². The van der Waals surface area contributed by atoms with Gasteiger partial charge in [0.2, 0.25) is 0 Å². The van der Waals surface area contributed by atoms with Gasteiger partial charge in [0.1, 0.15) is 0 Å². The van der Waals surface area contributed by atoms with Gasteiger partial charge in [0.05, 0.1) is 24.3 Å². The second kappa shape index (κ2) is 4.48. The topological polar surface area (TPSA) is 45.0 Å². The van der Waals surface area contributed by atoms with Crippen molar-refractivity contribution in [2.75, 3.05) is 13.2 Å². The molecule has 17 heavy (non-hydrogen) atoms. The van der Waals surface area contributed by atoms with E-state index in [0.717, 1.165) is 25.1 Å². The van der Waals surface area contributed by atoms with Crippen molar-refractivity contribution in [1.29, 1.82) is 5.26 Å². The quantitative estimate of drug-likeness (QED) is 0.798. The highest BCUT2D eigenvalue weighted by Crippen LogP contribution is 2.33. The molecule has 1 aromatic rings. The maximum Gasteiger partial charge on any atom is 0.0991 e. The Morgan fingerprint density at radius 3 is 3.12 bits per heavy atom. The fourth-order valence-corrected chi connectivity index (χ4v) is 2.85. The van der Waals surface area contributed by atoms with Crippen LogP contribution in [0.5, 0.6) is 0 Å². The smallest absolute Gasteiger partial charge is 0.0991 e. The van der Waals surface area contributed by atoms with Crippen molar-refractivity contribution in [3.63, 3.8) is 0 Å². The first kappa shape index (κ1) is 10.8. The van der Waals surface area contributed by atoms with Gasteiger partial charge in [-0.25, -0.2) is 0 Å². The summed E-state index contributed by atoms with van der Waals surface area (Å²) < 4.78 is 5.92. The summed E-state index contributed by atoms with van der Waals surface area (Å²) in [5.74, 6) is 0. The molecule has 0 aromatic heterocycles. The Morgan fingerprint density at radius 2 is 2.35 bits per heavy atom. The number of benzene rings is 1. The van der Waals surface area contributed by atoms with Crippen LogP contribution < -0.4 is 5.32 Å². The number of hydrogen-bond donors (Lipinski definition) is 1. The molecule has 0 radical (unpaired) electrons. The van der Waals surface area contributed by atoms with E-state index in [1.165, 1.54) is 24.0 Å². The maximum absolute atomic E-state index is 8.98. The summed E-state index contributed by atoms with van der Waals surface area (Å²) in [5, 5.41) is 12.5. The molecule has 2 aliphatic rings. The molecule has 0 aliphatic carbocycles. The van der Waals surface area contributed by atoms with Crippen LogP contribution in [0.4, 0.5) is 0 Å². The van der Waals surface area contributed by atoms with E-state index in [1.54, 1.807) is 0 Å². The largest absolute Gasteiger partial charge is 0.372 e. The molecule has 2 aliphatic heterocycles.